The Hall–Kier alpha value is -2.92. The number of methoxy groups -OCH3 is 3. The molecule has 1 aromatic rings. The molecule has 58 heavy (non-hydrogen) atoms. The van der Waals surface area contributed by atoms with E-state index in [1.807, 2.05) is 4.90 Å². The van der Waals surface area contributed by atoms with E-state index in [2.05, 4.69) is 39.3 Å². The Morgan fingerprint density at radius 3 is 2.45 bits per heavy atom. The first-order chi connectivity index (χ1) is 28.3. The lowest BCUT2D eigenvalue weighted by Gasteiger charge is -2.47. The second-order valence-electron chi connectivity index (χ2n) is 16.6. The zero-order valence-electron chi connectivity index (χ0n) is 35.2. The highest BCUT2D eigenvalue weighted by molar-refractivity contribution is 5.79. The number of morpholine rings is 1. The van der Waals surface area contributed by atoms with E-state index in [4.69, 9.17) is 28.4 Å². The lowest BCUT2D eigenvalue weighted by molar-refractivity contribution is -0.757. The molecule has 0 bridgehead atoms. The van der Waals surface area contributed by atoms with E-state index in [1.54, 1.807) is 21.3 Å². The van der Waals surface area contributed by atoms with Crippen LogP contribution in [0, 0.1) is 27.9 Å². The van der Waals surface area contributed by atoms with Gasteiger partial charge in [-0.3, -0.25) is 14.5 Å². The summed E-state index contributed by atoms with van der Waals surface area (Å²) < 4.78 is 35.1. The van der Waals surface area contributed by atoms with Crippen LogP contribution in [0.2, 0.25) is 0 Å². The van der Waals surface area contributed by atoms with Crippen molar-refractivity contribution < 1.29 is 47.9 Å². The molecule has 1 N–H and O–H groups in total. The molecule has 6 atom stereocenters. The molecule has 15 nitrogen and oxygen atoms in total. The van der Waals surface area contributed by atoms with Crippen molar-refractivity contribution in [2.24, 2.45) is 17.8 Å². The van der Waals surface area contributed by atoms with Crippen LogP contribution in [-0.2, 0) is 49.5 Å². The maximum atomic E-state index is 13.9. The van der Waals surface area contributed by atoms with Crippen molar-refractivity contribution in [3.05, 3.63) is 45.5 Å². The summed E-state index contributed by atoms with van der Waals surface area (Å²) in [6, 6.07) is 8.87. The second-order valence-corrected chi connectivity index (χ2v) is 16.6. The van der Waals surface area contributed by atoms with Crippen molar-refractivity contribution in [1.82, 2.24) is 15.1 Å². The molecule has 2 aliphatic heterocycles. The van der Waals surface area contributed by atoms with Crippen LogP contribution in [-0.4, -0.2) is 145 Å². The molecule has 2 heterocycles. The fraction of sp³-hybridized carbons (Fsp3) is 0.814. The van der Waals surface area contributed by atoms with Crippen LogP contribution in [0.5, 0.6) is 0 Å². The van der Waals surface area contributed by atoms with Gasteiger partial charge >= 0.3 is 0 Å². The van der Waals surface area contributed by atoms with Crippen molar-refractivity contribution in [3.8, 4) is 0 Å². The van der Waals surface area contributed by atoms with E-state index in [-0.39, 0.29) is 54.5 Å². The van der Waals surface area contributed by atoms with Crippen LogP contribution in [0.15, 0.2) is 24.3 Å². The largest absolute Gasteiger partial charge is 0.385 e. The minimum absolute atomic E-state index is 0.0231. The molecule has 328 valence electrons. The second kappa shape index (κ2) is 25.0. The number of nitrogens with zero attached hydrogens (tertiary/aromatic N) is 3. The summed E-state index contributed by atoms with van der Waals surface area (Å²) in [7, 11) is 5.15. The number of ether oxygens (including phenoxy) is 6. The number of rotatable bonds is 24. The average Bonchev–Trinajstić information content (AvgIpc) is 3.24. The van der Waals surface area contributed by atoms with Crippen LogP contribution in [0.25, 0.3) is 0 Å². The molecule has 2 amide bonds. The molecule has 2 aliphatic carbocycles. The van der Waals surface area contributed by atoms with Gasteiger partial charge in [0, 0.05) is 97.5 Å². The van der Waals surface area contributed by atoms with Gasteiger partial charge < -0.3 is 43.5 Å². The van der Waals surface area contributed by atoms with Crippen molar-refractivity contribution >= 4 is 11.8 Å². The first kappa shape index (κ1) is 46.2. The Morgan fingerprint density at radius 1 is 0.914 bits per heavy atom. The molecule has 0 radical (unpaired) electrons. The standard InChI is InChI=1S/C43H70N4O11/c1-52-21-7-19-45-20-23-56-39-18-11-33(26-38(39)45)31-57-40-29-46(41(48)8-5-4-6-22-58-47(50)51)28-36(27-44-43(49)35-14-16-37(54-3)17-15-35)42(40)34-12-9-32(10-13-34)30-55-25-24-53-2/h9-10,12-13,33,35-40,42H,4-8,11,14-31H2,1-3H3,(H,44,49). The molecule has 2 saturated heterocycles. The summed E-state index contributed by atoms with van der Waals surface area (Å²) in [5.74, 6) is 0.257. The van der Waals surface area contributed by atoms with Crippen LogP contribution in [0.3, 0.4) is 0 Å². The van der Waals surface area contributed by atoms with Gasteiger partial charge in [0.1, 0.15) is 0 Å². The molecule has 4 aliphatic rings. The van der Waals surface area contributed by atoms with E-state index in [0.717, 1.165) is 88.8 Å². The molecule has 5 rings (SSSR count). The fourth-order valence-corrected chi connectivity index (χ4v) is 9.47. The quantitative estimate of drug-likeness (QED) is 0.0867. The van der Waals surface area contributed by atoms with Gasteiger partial charge in [0.15, 0.2) is 0 Å². The number of carbonyl (C=O) groups is 2. The van der Waals surface area contributed by atoms with E-state index in [9.17, 15) is 19.7 Å². The van der Waals surface area contributed by atoms with Crippen molar-refractivity contribution in [1.29, 1.82) is 0 Å². The van der Waals surface area contributed by atoms with Gasteiger partial charge in [0.25, 0.3) is 5.09 Å². The molecule has 1 aromatic carbocycles. The SMILES string of the molecule is COCCCN1CCOC2CCC(COC3CN(C(=O)CCCCCO[N+](=O)[O-])CC(CNC(=O)C4CCC(OC)CC4)C3c3ccc(COCCOC)cc3)CC21. The van der Waals surface area contributed by atoms with Gasteiger partial charge in [-0.05, 0) is 81.3 Å². The molecule has 2 saturated carbocycles. The number of carbonyl (C=O) groups excluding carboxylic acids is 2. The van der Waals surface area contributed by atoms with Gasteiger partial charge in [0.2, 0.25) is 11.8 Å². The summed E-state index contributed by atoms with van der Waals surface area (Å²) in [6.07, 6.45) is 9.62. The molecule has 4 fully saturated rings. The number of benzene rings is 1. The van der Waals surface area contributed by atoms with Crippen LogP contribution in [0.4, 0.5) is 0 Å². The zero-order chi connectivity index (χ0) is 41.1. The fourth-order valence-electron chi connectivity index (χ4n) is 9.47. The van der Waals surface area contributed by atoms with Crippen LogP contribution < -0.4 is 5.32 Å². The Kier molecular flexibility index (Phi) is 19.9. The number of amides is 2. The molecule has 15 heteroatoms. The van der Waals surface area contributed by atoms with Crippen molar-refractivity contribution in [2.45, 2.75) is 114 Å². The number of likely N-dealkylation sites (tertiary alicyclic amines) is 1. The number of piperidine rings is 1. The number of nitrogens with one attached hydrogen (secondary N) is 1. The topological polar surface area (TPSA) is 160 Å². The number of unbranched alkanes of at least 4 members (excludes halogenated alkanes) is 2. The van der Waals surface area contributed by atoms with E-state index >= 15 is 0 Å². The summed E-state index contributed by atoms with van der Waals surface area (Å²) >= 11 is 0. The highest BCUT2D eigenvalue weighted by Crippen LogP contribution is 2.38. The number of hydrogen-bond donors (Lipinski definition) is 1. The van der Waals surface area contributed by atoms with Crippen molar-refractivity contribution in [2.75, 3.05) is 93.7 Å². The summed E-state index contributed by atoms with van der Waals surface area (Å²) in [4.78, 5) is 47.1. The smallest absolute Gasteiger partial charge is 0.294 e. The van der Waals surface area contributed by atoms with E-state index in [0.29, 0.717) is 83.7 Å². The Labute approximate surface area is 345 Å². The number of fused-ring (bicyclic) bond motifs is 1. The average molecular weight is 819 g/mol. The molecule has 0 spiro atoms. The predicted octanol–water partition coefficient (Wildman–Crippen LogP) is 4.77. The molecular weight excluding hydrogens is 748 g/mol. The zero-order valence-corrected chi connectivity index (χ0v) is 35.2. The lowest BCUT2D eigenvalue weighted by atomic mass is 9.77. The normalized spacial score (nSPS) is 27.8. The van der Waals surface area contributed by atoms with E-state index < -0.39 is 5.09 Å². The third-order valence-corrected chi connectivity index (χ3v) is 12.7. The number of hydrogen-bond acceptors (Lipinski definition) is 12. The van der Waals surface area contributed by atoms with Gasteiger partial charge in [-0.1, -0.05) is 30.7 Å². The Balaban J connectivity index is 1.32. The Morgan fingerprint density at radius 2 is 1.71 bits per heavy atom. The lowest BCUT2D eigenvalue weighted by Crippen LogP contribution is -2.55. The van der Waals surface area contributed by atoms with Crippen LogP contribution >= 0.6 is 0 Å². The predicted molar refractivity (Wildman–Crippen MR) is 217 cm³/mol. The highest BCUT2D eigenvalue weighted by Gasteiger charge is 2.42. The maximum absolute atomic E-state index is 13.9. The summed E-state index contributed by atoms with van der Waals surface area (Å²) in [5, 5.41) is 13.1. The van der Waals surface area contributed by atoms with E-state index in [1.165, 1.54) is 0 Å². The van der Waals surface area contributed by atoms with Gasteiger partial charge in [-0.25, -0.2) is 0 Å². The van der Waals surface area contributed by atoms with Crippen molar-refractivity contribution in [3.63, 3.8) is 0 Å². The van der Waals surface area contributed by atoms with Gasteiger partial charge in [-0.2, -0.15) is 0 Å². The first-order valence-corrected chi connectivity index (χ1v) is 21.8. The van der Waals surface area contributed by atoms with Crippen LogP contribution in [0.1, 0.15) is 94.1 Å². The molecular formula is C43H70N4O11. The maximum Gasteiger partial charge on any atom is 0.294 e. The summed E-state index contributed by atoms with van der Waals surface area (Å²) in [6.45, 7) is 6.94. The third kappa shape index (κ3) is 14.4. The highest BCUT2D eigenvalue weighted by atomic mass is 16.9. The van der Waals surface area contributed by atoms with Gasteiger partial charge in [0.05, 0.1) is 51.3 Å². The minimum atomic E-state index is -0.781. The van der Waals surface area contributed by atoms with Gasteiger partial charge in [-0.15, -0.1) is 10.1 Å². The monoisotopic (exact) mass is 819 g/mol. The summed E-state index contributed by atoms with van der Waals surface area (Å²) in [5.41, 5.74) is 2.18. The first-order valence-electron chi connectivity index (χ1n) is 21.8. The third-order valence-electron chi connectivity index (χ3n) is 12.7. The minimum Gasteiger partial charge on any atom is -0.385 e. The molecule has 0 aromatic heterocycles. The molecule has 6 unspecified atom stereocenters. The Bertz CT molecular complexity index is 1360.